The van der Waals surface area contributed by atoms with Gasteiger partial charge in [-0.2, -0.15) is 5.26 Å². The predicted molar refractivity (Wildman–Crippen MR) is 125 cm³/mol. The van der Waals surface area contributed by atoms with Crippen LogP contribution in [0.25, 0.3) is 16.8 Å². The predicted octanol–water partition coefficient (Wildman–Crippen LogP) is 4.73. The van der Waals surface area contributed by atoms with Crippen molar-refractivity contribution in [1.29, 1.82) is 5.26 Å². The highest BCUT2D eigenvalue weighted by Gasteiger charge is 2.18. The number of sulfonamides is 1. The molecule has 1 N–H and O–H groups in total. The molecule has 0 spiro atoms. The van der Waals surface area contributed by atoms with Crippen LogP contribution in [0, 0.1) is 11.3 Å². The van der Waals surface area contributed by atoms with Crippen molar-refractivity contribution < 1.29 is 8.42 Å². The molecule has 0 saturated carbocycles. The molecule has 0 atom stereocenters. The lowest BCUT2D eigenvalue weighted by Crippen LogP contribution is -2.22. The van der Waals surface area contributed by atoms with E-state index in [2.05, 4.69) is 16.4 Å². The summed E-state index contributed by atoms with van der Waals surface area (Å²) in [6.07, 6.45) is 1.90. The molecule has 154 valence electrons. The van der Waals surface area contributed by atoms with Crippen molar-refractivity contribution >= 4 is 44.4 Å². The lowest BCUT2D eigenvalue weighted by atomic mass is 10.2. The molecular weight excluding hydrogens is 436 g/mol. The summed E-state index contributed by atoms with van der Waals surface area (Å²) in [5.41, 5.74) is 2.84. The van der Waals surface area contributed by atoms with Crippen molar-refractivity contribution in [2.45, 2.75) is 4.90 Å². The number of allylic oxidation sites excluding steroid dienone is 1. The van der Waals surface area contributed by atoms with E-state index < -0.39 is 10.0 Å². The number of thioether (sulfide) groups is 1. The highest BCUT2D eigenvalue weighted by Crippen LogP contribution is 2.31. The fourth-order valence-corrected chi connectivity index (χ4v) is 4.95. The van der Waals surface area contributed by atoms with Gasteiger partial charge in [0.25, 0.3) is 0 Å². The topological polar surface area (TPSA) is 86.1 Å². The first-order chi connectivity index (χ1) is 14.4. The van der Waals surface area contributed by atoms with Crippen LogP contribution in [0.1, 0.15) is 5.01 Å². The number of para-hydroxylation sites is 1. The Morgan fingerprint density at radius 3 is 2.37 bits per heavy atom. The van der Waals surface area contributed by atoms with Crippen LogP contribution in [-0.4, -0.2) is 38.1 Å². The maximum absolute atomic E-state index is 12.2. The zero-order valence-electron chi connectivity index (χ0n) is 16.7. The Hall–Kier alpha value is -2.64. The number of thiazole rings is 1. The van der Waals surface area contributed by atoms with Crippen molar-refractivity contribution in [2.24, 2.45) is 0 Å². The van der Waals surface area contributed by atoms with Crippen molar-refractivity contribution in [3.63, 3.8) is 0 Å². The summed E-state index contributed by atoms with van der Waals surface area (Å²) in [5, 5.41) is 16.2. The monoisotopic (exact) mass is 456 g/mol. The summed E-state index contributed by atoms with van der Waals surface area (Å²) in [7, 11) is -0.481. The van der Waals surface area contributed by atoms with E-state index in [1.54, 1.807) is 24.3 Å². The zero-order valence-corrected chi connectivity index (χ0v) is 19.1. The molecular formula is C21H20N4O2S3. The molecule has 1 aromatic heterocycles. The summed E-state index contributed by atoms with van der Waals surface area (Å²) in [6, 6.07) is 18.5. The lowest BCUT2D eigenvalue weighted by molar-refractivity contribution is 0.521. The van der Waals surface area contributed by atoms with Crippen molar-refractivity contribution in [3.8, 4) is 17.3 Å². The Labute approximate surface area is 184 Å². The SMILES string of the molecule is CS/C(Nc1ccccc1)=C(\C#N)c1nc(-c2ccc(S(=O)(=O)N(C)C)cc2)cs1. The number of nitrogens with zero attached hydrogens (tertiary/aromatic N) is 3. The molecule has 3 rings (SSSR count). The van der Waals surface area contributed by atoms with E-state index in [-0.39, 0.29) is 4.90 Å². The third kappa shape index (κ3) is 4.74. The Kier molecular flexibility index (Phi) is 6.95. The maximum atomic E-state index is 12.2. The van der Waals surface area contributed by atoms with Gasteiger partial charge in [0.2, 0.25) is 10.0 Å². The van der Waals surface area contributed by atoms with Crippen molar-refractivity contribution in [2.75, 3.05) is 25.7 Å². The molecule has 6 nitrogen and oxygen atoms in total. The number of anilines is 1. The van der Waals surface area contributed by atoms with Gasteiger partial charge in [-0.3, -0.25) is 0 Å². The van der Waals surface area contributed by atoms with Crippen LogP contribution in [0.3, 0.4) is 0 Å². The fourth-order valence-electron chi connectivity index (χ4n) is 2.59. The normalized spacial score (nSPS) is 12.4. The molecule has 0 aliphatic heterocycles. The Morgan fingerprint density at radius 1 is 1.13 bits per heavy atom. The first-order valence-corrected chi connectivity index (χ1v) is 12.4. The second kappa shape index (κ2) is 9.45. The molecule has 0 saturated heterocycles. The molecule has 30 heavy (non-hydrogen) atoms. The molecule has 9 heteroatoms. The number of hydrogen-bond acceptors (Lipinski definition) is 7. The number of hydrogen-bond donors (Lipinski definition) is 1. The minimum absolute atomic E-state index is 0.223. The average molecular weight is 457 g/mol. The van der Waals surface area contributed by atoms with Gasteiger partial charge in [-0.15, -0.1) is 23.1 Å². The number of rotatable bonds is 7. The van der Waals surface area contributed by atoms with Gasteiger partial charge in [-0.1, -0.05) is 30.3 Å². The Bertz CT molecular complexity index is 1190. The summed E-state index contributed by atoms with van der Waals surface area (Å²) >= 11 is 2.82. The van der Waals surface area contributed by atoms with Crippen LogP contribution in [0.15, 0.2) is 69.9 Å². The van der Waals surface area contributed by atoms with Gasteiger partial charge in [0.15, 0.2) is 0 Å². The van der Waals surface area contributed by atoms with Gasteiger partial charge in [0.05, 0.1) is 15.6 Å². The second-order valence-electron chi connectivity index (χ2n) is 6.36. The van der Waals surface area contributed by atoms with E-state index in [9.17, 15) is 13.7 Å². The first kappa shape index (κ1) is 22.1. The Morgan fingerprint density at radius 2 is 1.80 bits per heavy atom. The smallest absolute Gasteiger partial charge is 0.242 e. The third-order valence-electron chi connectivity index (χ3n) is 4.22. The minimum Gasteiger partial charge on any atom is -0.349 e. The average Bonchev–Trinajstić information content (AvgIpc) is 3.24. The van der Waals surface area contributed by atoms with Gasteiger partial charge < -0.3 is 5.32 Å². The quantitative estimate of drug-likeness (QED) is 0.518. The third-order valence-corrected chi connectivity index (χ3v) is 7.62. The molecule has 0 radical (unpaired) electrons. The van der Waals surface area contributed by atoms with Crippen molar-refractivity contribution in [1.82, 2.24) is 9.29 Å². The maximum Gasteiger partial charge on any atom is 0.242 e. The molecule has 0 aliphatic rings. The summed E-state index contributed by atoms with van der Waals surface area (Å²) < 4.78 is 25.6. The van der Waals surface area contributed by atoms with E-state index in [0.29, 0.717) is 16.3 Å². The largest absolute Gasteiger partial charge is 0.349 e. The number of nitriles is 1. The molecule has 0 fully saturated rings. The highest BCUT2D eigenvalue weighted by molar-refractivity contribution is 8.02. The van der Waals surface area contributed by atoms with Crippen LogP contribution in [0.5, 0.6) is 0 Å². The fraction of sp³-hybridized carbons (Fsp3) is 0.143. The summed E-state index contributed by atoms with van der Waals surface area (Å²) in [4.78, 5) is 4.84. The van der Waals surface area contributed by atoms with E-state index in [1.807, 2.05) is 42.0 Å². The standard InChI is InChI=1S/C21H20N4O2S3/c1-25(2)30(26,27)17-11-9-15(10-12-17)19-14-29-21(24-19)18(13-22)20(28-3)23-16-7-5-4-6-8-16/h4-12,14,23H,1-3H3/b20-18+. The Balaban J connectivity index is 1.91. The molecule has 3 aromatic rings. The van der Waals surface area contributed by atoms with E-state index in [1.165, 1.54) is 41.5 Å². The number of aromatic nitrogens is 1. The molecule has 2 aromatic carbocycles. The van der Waals surface area contributed by atoms with Crippen molar-refractivity contribution in [3.05, 3.63) is 70.0 Å². The van der Waals surface area contributed by atoms with E-state index >= 15 is 0 Å². The van der Waals surface area contributed by atoms with Crippen LogP contribution in [0.4, 0.5) is 5.69 Å². The van der Waals surface area contributed by atoms with Gasteiger partial charge in [0.1, 0.15) is 16.6 Å². The van der Waals surface area contributed by atoms with E-state index in [0.717, 1.165) is 16.3 Å². The van der Waals surface area contributed by atoms with Crippen LogP contribution >= 0.6 is 23.1 Å². The lowest BCUT2D eigenvalue weighted by Gasteiger charge is -2.11. The minimum atomic E-state index is -3.48. The van der Waals surface area contributed by atoms with Crippen LogP contribution in [0.2, 0.25) is 0 Å². The molecule has 0 unspecified atom stereocenters. The molecule has 1 heterocycles. The van der Waals surface area contributed by atoms with Crippen LogP contribution < -0.4 is 5.32 Å². The van der Waals surface area contributed by atoms with Gasteiger partial charge in [-0.05, 0) is 30.5 Å². The zero-order chi connectivity index (χ0) is 21.7. The van der Waals surface area contributed by atoms with Gasteiger partial charge in [-0.25, -0.2) is 17.7 Å². The summed E-state index contributed by atoms with van der Waals surface area (Å²) in [5.74, 6) is 0. The number of nitrogens with one attached hydrogen (secondary N) is 1. The molecule has 0 amide bonds. The first-order valence-electron chi connectivity index (χ1n) is 8.86. The van der Waals surface area contributed by atoms with Gasteiger partial charge in [0, 0.05) is 30.7 Å². The summed E-state index contributed by atoms with van der Waals surface area (Å²) in [6.45, 7) is 0. The van der Waals surface area contributed by atoms with Gasteiger partial charge >= 0.3 is 0 Å². The van der Waals surface area contributed by atoms with E-state index in [4.69, 9.17) is 0 Å². The molecule has 0 aliphatic carbocycles. The number of benzene rings is 2. The second-order valence-corrected chi connectivity index (χ2v) is 10.2. The highest BCUT2D eigenvalue weighted by atomic mass is 32.2. The molecule has 0 bridgehead atoms. The van der Waals surface area contributed by atoms with Crippen LogP contribution in [-0.2, 0) is 10.0 Å².